The summed E-state index contributed by atoms with van der Waals surface area (Å²) in [5.74, 6) is 1.14. The van der Waals surface area contributed by atoms with E-state index >= 15 is 0 Å². The van der Waals surface area contributed by atoms with E-state index in [9.17, 15) is 13.5 Å². The Balaban J connectivity index is 2.99. The molecule has 1 aromatic rings. The van der Waals surface area contributed by atoms with Gasteiger partial charge in [-0.25, -0.2) is 13.1 Å². The molecule has 1 atom stereocenters. The van der Waals surface area contributed by atoms with Gasteiger partial charge < -0.3 is 9.84 Å². The van der Waals surface area contributed by atoms with E-state index in [1.165, 1.54) is 11.8 Å². The maximum atomic E-state index is 12.3. The topological polar surface area (TPSA) is 75.6 Å². The predicted molar refractivity (Wildman–Crippen MR) is 86.7 cm³/mol. The molecule has 5 nitrogen and oxygen atoms in total. The summed E-state index contributed by atoms with van der Waals surface area (Å²) in [7, 11) is -2.10. The van der Waals surface area contributed by atoms with E-state index in [2.05, 4.69) is 4.72 Å². The van der Waals surface area contributed by atoms with Crippen LogP contribution < -0.4 is 9.46 Å². The Kier molecular flexibility index (Phi) is 6.10. The minimum atomic E-state index is -3.66. The second-order valence-electron chi connectivity index (χ2n) is 5.34. The SMILES string of the molecule is COc1c(C)cc(S(=O)(=O)NCC(C)(O)CSC)cc1C. The lowest BCUT2D eigenvalue weighted by Gasteiger charge is -2.22. The quantitative estimate of drug-likeness (QED) is 0.794. The van der Waals surface area contributed by atoms with Crippen LogP contribution in [0.3, 0.4) is 0 Å². The van der Waals surface area contributed by atoms with E-state index in [0.29, 0.717) is 11.5 Å². The largest absolute Gasteiger partial charge is 0.496 e. The molecule has 1 aromatic carbocycles. The Morgan fingerprint density at radius 2 is 1.86 bits per heavy atom. The van der Waals surface area contributed by atoms with Gasteiger partial charge in [0.25, 0.3) is 0 Å². The molecule has 0 saturated carbocycles. The van der Waals surface area contributed by atoms with E-state index in [4.69, 9.17) is 4.74 Å². The number of thioether (sulfide) groups is 1. The van der Waals surface area contributed by atoms with Gasteiger partial charge in [-0.15, -0.1) is 0 Å². The number of methoxy groups -OCH3 is 1. The van der Waals surface area contributed by atoms with Gasteiger partial charge in [0, 0.05) is 12.3 Å². The highest BCUT2D eigenvalue weighted by molar-refractivity contribution is 7.98. The summed E-state index contributed by atoms with van der Waals surface area (Å²) in [6.07, 6.45) is 1.86. The summed E-state index contributed by atoms with van der Waals surface area (Å²) < 4.78 is 32.3. The minimum Gasteiger partial charge on any atom is -0.496 e. The molecule has 0 radical (unpaired) electrons. The van der Waals surface area contributed by atoms with Crippen LogP contribution in [0.15, 0.2) is 17.0 Å². The molecule has 1 rings (SSSR count). The van der Waals surface area contributed by atoms with Crippen molar-refractivity contribution < 1.29 is 18.3 Å². The fraction of sp³-hybridized carbons (Fsp3) is 0.571. The summed E-state index contributed by atoms with van der Waals surface area (Å²) >= 11 is 1.46. The summed E-state index contributed by atoms with van der Waals surface area (Å²) in [5, 5.41) is 10.0. The number of ether oxygens (including phenoxy) is 1. The average Bonchev–Trinajstić information content (AvgIpc) is 2.36. The monoisotopic (exact) mass is 333 g/mol. The first kappa shape index (κ1) is 18.3. The van der Waals surface area contributed by atoms with Gasteiger partial charge in [0.1, 0.15) is 5.75 Å². The van der Waals surface area contributed by atoms with Crippen molar-refractivity contribution in [3.8, 4) is 5.75 Å². The number of rotatable bonds is 7. The van der Waals surface area contributed by atoms with Crippen molar-refractivity contribution in [2.75, 3.05) is 25.7 Å². The van der Waals surface area contributed by atoms with E-state index in [-0.39, 0.29) is 11.4 Å². The fourth-order valence-electron chi connectivity index (χ4n) is 2.08. The standard InChI is InChI=1S/C14H23NO4S2/c1-10-6-12(7-11(2)13(10)19-4)21(17,18)15-8-14(3,16)9-20-5/h6-7,15-16H,8-9H2,1-5H3. The number of sulfonamides is 1. The van der Waals surface area contributed by atoms with Gasteiger partial charge in [0.2, 0.25) is 10.0 Å². The maximum absolute atomic E-state index is 12.3. The van der Waals surface area contributed by atoms with Crippen LogP contribution in [-0.2, 0) is 10.0 Å². The molecule has 0 aliphatic carbocycles. The number of aryl methyl sites for hydroxylation is 2. The molecule has 0 aliphatic heterocycles. The minimum absolute atomic E-state index is 0.0275. The van der Waals surface area contributed by atoms with Crippen molar-refractivity contribution in [1.29, 1.82) is 0 Å². The lowest BCUT2D eigenvalue weighted by Crippen LogP contribution is -2.42. The summed E-state index contributed by atoms with van der Waals surface area (Å²) in [4.78, 5) is 0.179. The smallest absolute Gasteiger partial charge is 0.240 e. The zero-order chi connectivity index (χ0) is 16.3. The molecule has 0 saturated heterocycles. The lowest BCUT2D eigenvalue weighted by atomic mass is 10.1. The number of hydrogen-bond donors (Lipinski definition) is 2. The molecule has 120 valence electrons. The Morgan fingerprint density at radius 1 is 1.33 bits per heavy atom. The molecule has 2 N–H and O–H groups in total. The van der Waals surface area contributed by atoms with Gasteiger partial charge in [0.05, 0.1) is 17.6 Å². The van der Waals surface area contributed by atoms with Crippen molar-refractivity contribution in [3.05, 3.63) is 23.3 Å². The third kappa shape index (κ3) is 4.88. The van der Waals surface area contributed by atoms with Gasteiger partial charge in [0.15, 0.2) is 0 Å². The number of nitrogens with one attached hydrogen (secondary N) is 1. The Morgan fingerprint density at radius 3 is 2.29 bits per heavy atom. The highest BCUT2D eigenvalue weighted by atomic mass is 32.2. The van der Waals surface area contributed by atoms with Crippen LogP contribution in [0, 0.1) is 13.8 Å². The molecule has 0 bridgehead atoms. The number of hydrogen-bond acceptors (Lipinski definition) is 5. The highest BCUT2D eigenvalue weighted by Crippen LogP contribution is 2.26. The highest BCUT2D eigenvalue weighted by Gasteiger charge is 2.24. The number of aliphatic hydroxyl groups is 1. The van der Waals surface area contributed by atoms with E-state index in [0.717, 1.165) is 11.1 Å². The van der Waals surface area contributed by atoms with Crippen molar-refractivity contribution in [1.82, 2.24) is 4.72 Å². The predicted octanol–water partition coefficient (Wildman–Crippen LogP) is 1.70. The van der Waals surface area contributed by atoms with E-state index in [1.54, 1.807) is 40.0 Å². The van der Waals surface area contributed by atoms with Gasteiger partial charge in [-0.05, 0) is 50.3 Å². The molecule has 0 aromatic heterocycles. The molecule has 7 heteroatoms. The molecular weight excluding hydrogens is 310 g/mol. The van der Waals surface area contributed by atoms with Crippen LogP contribution in [0.4, 0.5) is 0 Å². The van der Waals surface area contributed by atoms with Gasteiger partial charge >= 0.3 is 0 Å². The normalized spacial score (nSPS) is 14.8. The fourth-order valence-corrected chi connectivity index (χ4v) is 4.14. The first-order valence-electron chi connectivity index (χ1n) is 6.49. The zero-order valence-corrected chi connectivity index (χ0v) is 14.7. The summed E-state index contributed by atoms with van der Waals surface area (Å²) in [6, 6.07) is 3.13. The van der Waals surface area contributed by atoms with Gasteiger partial charge in [-0.3, -0.25) is 0 Å². The number of benzene rings is 1. The van der Waals surface area contributed by atoms with Crippen molar-refractivity contribution in [2.45, 2.75) is 31.3 Å². The van der Waals surface area contributed by atoms with Crippen LogP contribution in [0.25, 0.3) is 0 Å². The molecule has 0 heterocycles. The van der Waals surface area contributed by atoms with Crippen molar-refractivity contribution in [3.63, 3.8) is 0 Å². The maximum Gasteiger partial charge on any atom is 0.240 e. The van der Waals surface area contributed by atoms with Gasteiger partial charge in [-0.2, -0.15) is 11.8 Å². The Hall–Kier alpha value is -0.760. The molecule has 1 unspecified atom stereocenters. The summed E-state index contributed by atoms with van der Waals surface area (Å²) in [5.41, 5.74) is 0.436. The lowest BCUT2D eigenvalue weighted by molar-refractivity contribution is 0.0908. The third-order valence-electron chi connectivity index (χ3n) is 3.05. The van der Waals surface area contributed by atoms with Crippen molar-refractivity contribution >= 4 is 21.8 Å². The molecule has 0 amide bonds. The third-order valence-corrected chi connectivity index (χ3v) is 5.34. The van der Waals surface area contributed by atoms with Gasteiger partial charge in [-0.1, -0.05) is 0 Å². The average molecular weight is 333 g/mol. The Labute approximate surface area is 131 Å². The van der Waals surface area contributed by atoms with Crippen LogP contribution in [0.5, 0.6) is 5.75 Å². The van der Waals surface area contributed by atoms with E-state index in [1.807, 2.05) is 6.26 Å². The zero-order valence-electron chi connectivity index (χ0n) is 13.1. The molecular formula is C14H23NO4S2. The second kappa shape index (κ2) is 7.00. The molecule has 0 aliphatic rings. The van der Waals surface area contributed by atoms with Crippen molar-refractivity contribution in [2.24, 2.45) is 0 Å². The van der Waals surface area contributed by atoms with Crippen LogP contribution in [0.1, 0.15) is 18.1 Å². The molecule has 21 heavy (non-hydrogen) atoms. The second-order valence-corrected chi connectivity index (χ2v) is 7.98. The van der Waals surface area contributed by atoms with Crippen LogP contribution >= 0.6 is 11.8 Å². The summed E-state index contributed by atoms with van der Waals surface area (Å²) in [6.45, 7) is 5.18. The van der Waals surface area contributed by atoms with E-state index < -0.39 is 15.6 Å². The van der Waals surface area contributed by atoms with Crippen LogP contribution in [-0.4, -0.2) is 44.8 Å². The first-order valence-corrected chi connectivity index (χ1v) is 9.37. The molecule has 0 fully saturated rings. The first-order chi connectivity index (χ1) is 9.63. The Bertz CT molecular complexity index is 574. The van der Waals surface area contributed by atoms with Crippen LogP contribution in [0.2, 0.25) is 0 Å². The molecule has 0 spiro atoms.